The minimum Gasteiger partial charge on any atom is -0.474 e. The Hall–Kier alpha value is -3.41. The molecule has 0 aliphatic heterocycles. The summed E-state index contributed by atoms with van der Waals surface area (Å²) < 4.78 is 16.2. The molecule has 1 fully saturated rings. The standard InChI is InChI=1S/C28H36ClN7O3Si/c1-30-26(37)19-11-9-18(10-12-19)21-16-36(17-38-13-14-40(3,4)5)25-23(21)27(39-20-7-6-8-20)34-28(33-25)32-22-15-31-35(2)24(22)29/h9-12,15-16,20H,6-8,13-14,17H2,1-5H3,(H,30,37)(H,32,33,34). The van der Waals surface area contributed by atoms with Gasteiger partial charge < -0.3 is 24.7 Å². The molecule has 212 valence electrons. The molecule has 1 amide bonds. The second-order valence-electron chi connectivity index (χ2n) is 11.3. The molecule has 0 saturated heterocycles. The Labute approximate surface area is 240 Å². The van der Waals surface area contributed by atoms with Crippen LogP contribution >= 0.6 is 11.6 Å². The van der Waals surface area contributed by atoms with Gasteiger partial charge in [-0.1, -0.05) is 43.4 Å². The van der Waals surface area contributed by atoms with Crippen molar-refractivity contribution in [2.75, 3.05) is 19.0 Å². The van der Waals surface area contributed by atoms with Crippen molar-refractivity contribution in [3.63, 3.8) is 0 Å². The van der Waals surface area contributed by atoms with E-state index < -0.39 is 8.07 Å². The van der Waals surface area contributed by atoms with Gasteiger partial charge in [-0.15, -0.1) is 0 Å². The van der Waals surface area contributed by atoms with Gasteiger partial charge in [-0.2, -0.15) is 15.1 Å². The van der Waals surface area contributed by atoms with Crippen LogP contribution in [0.15, 0.2) is 36.7 Å². The average Bonchev–Trinajstić information content (AvgIpc) is 3.43. The second kappa shape index (κ2) is 11.6. The number of amides is 1. The van der Waals surface area contributed by atoms with Crippen LogP contribution in [0.2, 0.25) is 30.8 Å². The van der Waals surface area contributed by atoms with E-state index in [9.17, 15) is 4.79 Å². The summed E-state index contributed by atoms with van der Waals surface area (Å²) >= 11 is 6.42. The molecule has 5 rings (SSSR count). The molecule has 10 nitrogen and oxygen atoms in total. The summed E-state index contributed by atoms with van der Waals surface area (Å²) in [5.41, 5.74) is 3.72. The largest absolute Gasteiger partial charge is 0.474 e. The van der Waals surface area contributed by atoms with Gasteiger partial charge in [0.2, 0.25) is 11.8 Å². The number of ether oxygens (including phenoxy) is 2. The number of benzene rings is 1. The molecule has 1 aliphatic carbocycles. The molecule has 0 spiro atoms. The first kappa shape index (κ1) is 28.1. The molecule has 4 aromatic rings. The van der Waals surface area contributed by atoms with Gasteiger partial charge in [-0.3, -0.25) is 9.48 Å². The summed E-state index contributed by atoms with van der Waals surface area (Å²) in [6.07, 6.45) is 6.87. The number of carbonyl (C=O) groups excluding carboxylic acids is 1. The van der Waals surface area contributed by atoms with Gasteiger partial charge in [0.05, 0.1) is 17.3 Å². The van der Waals surface area contributed by atoms with Crippen molar-refractivity contribution in [1.82, 2.24) is 29.6 Å². The summed E-state index contributed by atoms with van der Waals surface area (Å²) in [6.45, 7) is 8.02. The Morgan fingerprint density at radius 1 is 1.18 bits per heavy atom. The Morgan fingerprint density at radius 3 is 2.52 bits per heavy atom. The number of aryl methyl sites for hydroxylation is 1. The summed E-state index contributed by atoms with van der Waals surface area (Å²) in [6, 6.07) is 8.57. The van der Waals surface area contributed by atoms with Crippen LogP contribution in [0.4, 0.5) is 11.6 Å². The van der Waals surface area contributed by atoms with Crippen LogP contribution in [0.5, 0.6) is 5.88 Å². The summed E-state index contributed by atoms with van der Waals surface area (Å²) in [5.74, 6) is 0.732. The van der Waals surface area contributed by atoms with Crippen LogP contribution in [0.25, 0.3) is 22.2 Å². The molecule has 40 heavy (non-hydrogen) atoms. The molecule has 3 aromatic heterocycles. The SMILES string of the molecule is CNC(=O)c1ccc(-c2cn(COCC[Si](C)(C)C)c3nc(Nc4cnn(C)c4Cl)nc(OC4CCC4)c23)cc1. The fraction of sp³-hybridized carbons (Fsp3) is 0.429. The molecule has 1 aliphatic rings. The summed E-state index contributed by atoms with van der Waals surface area (Å²) in [5, 5.41) is 11.3. The van der Waals surface area contributed by atoms with E-state index in [0.29, 0.717) is 47.2 Å². The maximum atomic E-state index is 12.1. The Morgan fingerprint density at radius 2 is 1.93 bits per heavy atom. The summed E-state index contributed by atoms with van der Waals surface area (Å²) in [7, 11) is 2.16. The zero-order valence-electron chi connectivity index (χ0n) is 23.6. The number of hydrogen-bond donors (Lipinski definition) is 2. The monoisotopic (exact) mass is 581 g/mol. The highest BCUT2D eigenvalue weighted by molar-refractivity contribution is 6.76. The second-order valence-corrected chi connectivity index (χ2v) is 17.3. The minimum absolute atomic E-state index is 0.104. The van der Waals surface area contributed by atoms with Gasteiger partial charge in [0.1, 0.15) is 18.0 Å². The lowest BCUT2D eigenvalue weighted by molar-refractivity contribution is 0.0898. The van der Waals surface area contributed by atoms with E-state index in [-0.39, 0.29) is 12.0 Å². The van der Waals surface area contributed by atoms with Crippen LogP contribution in [0, 0.1) is 0 Å². The third-order valence-corrected chi connectivity index (χ3v) is 9.19. The van der Waals surface area contributed by atoms with Crippen molar-refractivity contribution >= 4 is 48.3 Å². The number of fused-ring (bicyclic) bond motifs is 1. The Bertz CT molecular complexity index is 1510. The fourth-order valence-corrected chi connectivity index (χ4v) is 5.27. The highest BCUT2D eigenvalue weighted by Crippen LogP contribution is 2.39. The number of rotatable bonds is 11. The molecule has 2 N–H and O–H groups in total. The Balaban J connectivity index is 1.59. The van der Waals surface area contributed by atoms with Crippen molar-refractivity contribution in [3.05, 3.63) is 47.4 Å². The van der Waals surface area contributed by atoms with Crippen molar-refractivity contribution < 1.29 is 14.3 Å². The van der Waals surface area contributed by atoms with Crippen LogP contribution in [-0.2, 0) is 18.5 Å². The molecule has 0 atom stereocenters. The predicted octanol–water partition coefficient (Wildman–Crippen LogP) is 5.83. The number of aromatic nitrogens is 5. The molecule has 1 aromatic carbocycles. The Kier molecular flexibility index (Phi) is 8.16. The van der Waals surface area contributed by atoms with Crippen molar-refractivity contribution in [2.24, 2.45) is 7.05 Å². The van der Waals surface area contributed by atoms with Crippen molar-refractivity contribution in [2.45, 2.75) is 57.8 Å². The van der Waals surface area contributed by atoms with E-state index in [0.717, 1.165) is 41.8 Å². The first-order valence-electron chi connectivity index (χ1n) is 13.6. The lowest BCUT2D eigenvalue weighted by Crippen LogP contribution is -2.25. The molecular weight excluding hydrogens is 546 g/mol. The smallest absolute Gasteiger partial charge is 0.251 e. The minimum atomic E-state index is -1.24. The first-order valence-corrected chi connectivity index (χ1v) is 17.6. The van der Waals surface area contributed by atoms with E-state index >= 15 is 0 Å². The first-order chi connectivity index (χ1) is 19.1. The molecular formula is C28H36ClN7O3Si. The van der Waals surface area contributed by atoms with Crippen LogP contribution in [0.1, 0.15) is 29.6 Å². The quantitative estimate of drug-likeness (QED) is 0.169. The van der Waals surface area contributed by atoms with Crippen LogP contribution < -0.4 is 15.4 Å². The normalized spacial score (nSPS) is 13.8. The molecule has 1 saturated carbocycles. The molecule has 0 radical (unpaired) electrons. The summed E-state index contributed by atoms with van der Waals surface area (Å²) in [4.78, 5) is 21.8. The van der Waals surface area contributed by atoms with Gasteiger partial charge in [-0.05, 0) is 43.0 Å². The average molecular weight is 582 g/mol. The maximum absolute atomic E-state index is 12.1. The van der Waals surface area contributed by atoms with Crippen molar-refractivity contribution in [1.29, 1.82) is 0 Å². The lowest BCUT2D eigenvalue weighted by Gasteiger charge is -2.26. The number of nitrogens with one attached hydrogen (secondary N) is 2. The fourth-order valence-electron chi connectivity index (χ4n) is 4.37. The zero-order chi connectivity index (χ0) is 28.4. The molecule has 12 heteroatoms. The van der Waals surface area contributed by atoms with E-state index in [4.69, 9.17) is 31.0 Å². The van der Waals surface area contributed by atoms with E-state index in [1.165, 1.54) is 0 Å². The molecule has 0 bridgehead atoms. The van der Waals surface area contributed by atoms with Crippen LogP contribution in [-0.4, -0.2) is 58.1 Å². The number of hydrogen-bond acceptors (Lipinski definition) is 7. The van der Waals surface area contributed by atoms with E-state index in [1.807, 2.05) is 35.0 Å². The predicted molar refractivity (Wildman–Crippen MR) is 160 cm³/mol. The number of nitrogens with zero attached hydrogens (tertiary/aromatic N) is 5. The van der Waals surface area contributed by atoms with E-state index in [2.05, 4.69) is 35.4 Å². The number of halogens is 1. The van der Waals surface area contributed by atoms with E-state index in [1.54, 1.807) is 25.0 Å². The highest BCUT2D eigenvalue weighted by atomic mass is 35.5. The number of anilines is 2. The van der Waals surface area contributed by atoms with Gasteiger partial charge in [0, 0.05) is 46.1 Å². The number of carbonyl (C=O) groups is 1. The highest BCUT2D eigenvalue weighted by Gasteiger charge is 2.26. The third kappa shape index (κ3) is 6.16. The van der Waals surface area contributed by atoms with Crippen molar-refractivity contribution in [3.8, 4) is 17.0 Å². The van der Waals surface area contributed by atoms with Gasteiger partial charge in [0.25, 0.3) is 5.91 Å². The molecule has 3 heterocycles. The molecule has 0 unspecified atom stereocenters. The van der Waals surface area contributed by atoms with Gasteiger partial charge in [0.15, 0.2) is 5.65 Å². The topological polar surface area (TPSA) is 108 Å². The zero-order valence-corrected chi connectivity index (χ0v) is 25.4. The van der Waals surface area contributed by atoms with Gasteiger partial charge in [-0.25, -0.2) is 0 Å². The lowest BCUT2D eigenvalue weighted by atomic mass is 9.96. The van der Waals surface area contributed by atoms with Gasteiger partial charge >= 0.3 is 0 Å². The maximum Gasteiger partial charge on any atom is 0.251 e. The third-order valence-electron chi connectivity index (χ3n) is 7.04. The van der Waals surface area contributed by atoms with Crippen LogP contribution in [0.3, 0.4) is 0 Å².